The molecule has 142 valence electrons. The quantitative estimate of drug-likeness (QED) is 0.764. The van der Waals surface area contributed by atoms with Crippen LogP contribution in [0, 0.1) is 0 Å². The van der Waals surface area contributed by atoms with Gasteiger partial charge in [0.15, 0.2) is 11.5 Å². The van der Waals surface area contributed by atoms with Gasteiger partial charge in [0, 0.05) is 28.9 Å². The van der Waals surface area contributed by atoms with Gasteiger partial charge in [-0.1, -0.05) is 11.6 Å². The highest BCUT2D eigenvalue weighted by Crippen LogP contribution is 2.42. The van der Waals surface area contributed by atoms with Crippen LogP contribution in [0.5, 0.6) is 11.5 Å². The molecule has 0 fully saturated rings. The minimum absolute atomic E-state index is 0.221. The molecule has 0 radical (unpaired) electrons. The summed E-state index contributed by atoms with van der Waals surface area (Å²) in [6.45, 7) is 5.91. The number of hydrogen-bond donors (Lipinski definition) is 1. The number of carbonyl (C=O) groups is 2. The van der Waals surface area contributed by atoms with Crippen molar-refractivity contribution in [2.75, 3.05) is 27.4 Å². The molecule has 0 aromatic heterocycles. The Hall–Kier alpha value is -2.41. The topological polar surface area (TPSA) is 77.1 Å². The molecule has 7 nitrogen and oxygen atoms in total. The first kappa shape index (κ1) is 19.9. The van der Waals surface area contributed by atoms with E-state index in [9.17, 15) is 9.59 Å². The Balaban J connectivity index is 2.70. The van der Waals surface area contributed by atoms with E-state index in [1.165, 1.54) is 19.1 Å². The highest BCUT2D eigenvalue weighted by Gasteiger charge is 2.38. The molecule has 0 aliphatic carbocycles. The molecule has 1 atom stereocenters. The minimum atomic E-state index is -0.771. The molecule has 1 aromatic rings. The number of hydrogen-bond acceptors (Lipinski definition) is 5. The van der Waals surface area contributed by atoms with Crippen molar-refractivity contribution in [3.05, 3.63) is 34.0 Å². The van der Waals surface area contributed by atoms with Gasteiger partial charge in [-0.2, -0.15) is 0 Å². The molecule has 0 unspecified atom stereocenters. The smallest absolute Gasteiger partial charge is 0.338 e. The first-order valence-electron chi connectivity index (χ1n) is 8.26. The highest BCUT2D eigenvalue weighted by molar-refractivity contribution is 6.30. The average molecular weight is 383 g/mol. The molecule has 1 aliphatic heterocycles. The largest absolute Gasteiger partial charge is 0.493 e. The fraction of sp³-hybridized carbons (Fsp3) is 0.444. The number of ether oxygens (including phenoxy) is 3. The molecule has 26 heavy (non-hydrogen) atoms. The summed E-state index contributed by atoms with van der Waals surface area (Å²) in [5, 5.41) is 3.23. The minimum Gasteiger partial charge on any atom is -0.493 e. The standard InChI is InChI=1S/C18H23ClN2O5/c1-6-21-10(3)14(17(22)26-7-2)15(20-18(21)23)12-8-11(19)9-13(24-4)16(12)25-5/h8-9,15H,6-7H2,1-5H3,(H,20,23)/t15-/m1/s1. The number of urea groups is 1. The van der Waals surface area contributed by atoms with E-state index in [1.54, 1.807) is 26.0 Å². The Morgan fingerprint density at radius 3 is 2.50 bits per heavy atom. The molecule has 0 saturated heterocycles. The molecule has 0 bridgehead atoms. The first-order chi connectivity index (χ1) is 12.4. The first-order valence-corrected chi connectivity index (χ1v) is 8.64. The van der Waals surface area contributed by atoms with Crippen molar-refractivity contribution in [3.63, 3.8) is 0 Å². The summed E-state index contributed by atoms with van der Waals surface area (Å²) in [5.41, 5.74) is 1.37. The van der Waals surface area contributed by atoms with Crippen molar-refractivity contribution in [2.45, 2.75) is 26.8 Å². The zero-order valence-electron chi connectivity index (χ0n) is 15.5. The maximum absolute atomic E-state index is 12.6. The van der Waals surface area contributed by atoms with Gasteiger partial charge >= 0.3 is 12.0 Å². The Labute approximate surface area is 157 Å². The number of nitrogens with zero attached hydrogens (tertiary/aromatic N) is 1. The molecule has 8 heteroatoms. The molecular weight excluding hydrogens is 360 g/mol. The maximum atomic E-state index is 12.6. The normalized spacial score (nSPS) is 17.1. The number of rotatable bonds is 6. The zero-order chi connectivity index (χ0) is 19.4. The van der Waals surface area contributed by atoms with Crippen LogP contribution in [0.4, 0.5) is 4.79 Å². The summed E-state index contributed by atoms with van der Waals surface area (Å²) in [4.78, 5) is 26.6. The van der Waals surface area contributed by atoms with Crippen LogP contribution >= 0.6 is 11.6 Å². The van der Waals surface area contributed by atoms with Crippen molar-refractivity contribution < 1.29 is 23.8 Å². The summed E-state index contributed by atoms with van der Waals surface area (Å²) >= 11 is 6.20. The lowest BCUT2D eigenvalue weighted by Crippen LogP contribution is -2.48. The van der Waals surface area contributed by atoms with Crippen LogP contribution in [0.3, 0.4) is 0 Å². The van der Waals surface area contributed by atoms with Crippen LogP contribution in [0.2, 0.25) is 5.02 Å². The van der Waals surface area contributed by atoms with Gasteiger partial charge in [-0.25, -0.2) is 9.59 Å². The molecule has 2 rings (SSSR count). The molecule has 0 spiro atoms. The van der Waals surface area contributed by atoms with Crippen LogP contribution in [0.1, 0.15) is 32.4 Å². The Morgan fingerprint density at radius 2 is 1.96 bits per heavy atom. The van der Waals surface area contributed by atoms with E-state index >= 15 is 0 Å². The average Bonchev–Trinajstić information content (AvgIpc) is 2.60. The number of nitrogens with one attached hydrogen (secondary N) is 1. The lowest BCUT2D eigenvalue weighted by atomic mass is 9.93. The number of amides is 2. The Morgan fingerprint density at radius 1 is 1.27 bits per heavy atom. The second-order valence-corrected chi connectivity index (χ2v) is 6.01. The fourth-order valence-corrected chi connectivity index (χ4v) is 3.26. The summed E-state index contributed by atoms with van der Waals surface area (Å²) in [6, 6.07) is 2.16. The van der Waals surface area contributed by atoms with Crippen molar-refractivity contribution in [3.8, 4) is 11.5 Å². The van der Waals surface area contributed by atoms with Gasteiger partial charge in [-0.3, -0.25) is 4.90 Å². The number of methoxy groups -OCH3 is 2. The highest BCUT2D eigenvalue weighted by atomic mass is 35.5. The number of carbonyl (C=O) groups excluding carboxylic acids is 2. The number of benzene rings is 1. The fourth-order valence-electron chi connectivity index (χ4n) is 3.04. The van der Waals surface area contributed by atoms with Crippen molar-refractivity contribution in [1.82, 2.24) is 10.2 Å². The van der Waals surface area contributed by atoms with Crippen LogP contribution in [-0.4, -0.2) is 44.3 Å². The molecule has 1 heterocycles. The van der Waals surface area contributed by atoms with E-state index in [1.807, 2.05) is 6.92 Å². The van der Waals surface area contributed by atoms with Crippen LogP contribution in [0.25, 0.3) is 0 Å². The molecule has 1 N–H and O–H groups in total. The van der Waals surface area contributed by atoms with E-state index in [0.29, 0.717) is 39.9 Å². The van der Waals surface area contributed by atoms with E-state index in [-0.39, 0.29) is 12.6 Å². The van der Waals surface area contributed by atoms with Crippen molar-refractivity contribution in [2.24, 2.45) is 0 Å². The van der Waals surface area contributed by atoms with Crippen molar-refractivity contribution in [1.29, 1.82) is 0 Å². The zero-order valence-corrected chi connectivity index (χ0v) is 16.3. The number of esters is 1. The second kappa shape index (κ2) is 8.31. The van der Waals surface area contributed by atoms with Gasteiger partial charge in [-0.05, 0) is 26.8 Å². The third-order valence-corrected chi connectivity index (χ3v) is 4.41. The van der Waals surface area contributed by atoms with Gasteiger partial charge in [0.25, 0.3) is 0 Å². The van der Waals surface area contributed by atoms with Gasteiger partial charge in [0.2, 0.25) is 0 Å². The summed E-state index contributed by atoms with van der Waals surface area (Å²) in [7, 11) is 2.97. The molecule has 0 saturated carbocycles. The lowest BCUT2D eigenvalue weighted by Gasteiger charge is -2.35. The Bertz CT molecular complexity index is 747. The van der Waals surface area contributed by atoms with Crippen LogP contribution in [-0.2, 0) is 9.53 Å². The van der Waals surface area contributed by atoms with Gasteiger partial charge in [0.05, 0.1) is 32.4 Å². The molecule has 2 amide bonds. The van der Waals surface area contributed by atoms with E-state index in [2.05, 4.69) is 5.32 Å². The van der Waals surface area contributed by atoms with E-state index in [4.69, 9.17) is 25.8 Å². The number of halogens is 1. The van der Waals surface area contributed by atoms with E-state index in [0.717, 1.165) is 0 Å². The monoisotopic (exact) mass is 382 g/mol. The maximum Gasteiger partial charge on any atom is 0.338 e. The SMILES string of the molecule is CCOC(=O)C1=C(C)N(CC)C(=O)N[C@@H]1c1cc(Cl)cc(OC)c1OC. The number of allylic oxidation sites excluding steroid dienone is 1. The summed E-state index contributed by atoms with van der Waals surface area (Å²) in [6.07, 6.45) is 0. The third-order valence-electron chi connectivity index (χ3n) is 4.19. The van der Waals surface area contributed by atoms with Crippen LogP contribution in [0.15, 0.2) is 23.4 Å². The van der Waals surface area contributed by atoms with Gasteiger partial charge < -0.3 is 19.5 Å². The van der Waals surface area contributed by atoms with Gasteiger partial charge in [0.1, 0.15) is 0 Å². The van der Waals surface area contributed by atoms with Crippen molar-refractivity contribution >= 4 is 23.6 Å². The molecule has 1 aromatic carbocycles. The molecule has 1 aliphatic rings. The molecular formula is C18H23ClN2O5. The van der Waals surface area contributed by atoms with E-state index < -0.39 is 12.0 Å². The van der Waals surface area contributed by atoms with Gasteiger partial charge in [-0.15, -0.1) is 0 Å². The predicted molar refractivity (Wildman–Crippen MR) is 97.5 cm³/mol. The lowest BCUT2D eigenvalue weighted by molar-refractivity contribution is -0.139. The summed E-state index contributed by atoms with van der Waals surface area (Å²) in [5.74, 6) is 0.291. The summed E-state index contributed by atoms with van der Waals surface area (Å²) < 4.78 is 16.0. The predicted octanol–water partition coefficient (Wildman–Crippen LogP) is 3.28. The van der Waals surface area contributed by atoms with Crippen LogP contribution < -0.4 is 14.8 Å². The third kappa shape index (κ3) is 3.58. The Kier molecular flexibility index (Phi) is 6.37. The second-order valence-electron chi connectivity index (χ2n) is 5.58.